The molecule has 31 heavy (non-hydrogen) atoms. The fourth-order valence-electron chi connectivity index (χ4n) is 6.42. The van der Waals surface area contributed by atoms with Crippen molar-refractivity contribution in [2.75, 3.05) is 6.61 Å². The van der Waals surface area contributed by atoms with Crippen LogP contribution in [-0.2, 0) is 9.53 Å². The number of fused-ring (bicyclic) bond motifs is 2. The molecule has 0 spiro atoms. The van der Waals surface area contributed by atoms with Gasteiger partial charge in [0, 0.05) is 12.0 Å². The van der Waals surface area contributed by atoms with Crippen LogP contribution in [0.25, 0.3) is 0 Å². The van der Waals surface area contributed by atoms with Gasteiger partial charge < -0.3 is 20.3 Å². The highest BCUT2D eigenvalue weighted by atomic mass is 16.5. The van der Waals surface area contributed by atoms with Crippen molar-refractivity contribution in [1.29, 1.82) is 0 Å². The fraction of sp³-hybridized carbons (Fsp3) is 0.731. The van der Waals surface area contributed by atoms with E-state index in [1.807, 2.05) is 13.0 Å². The lowest BCUT2D eigenvalue weighted by Gasteiger charge is -2.50. The number of amides is 1. The molecule has 2 bridgehead atoms. The Balaban J connectivity index is 1.58. The van der Waals surface area contributed by atoms with E-state index in [0.717, 1.165) is 38.5 Å². The molecule has 172 valence electrons. The van der Waals surface area contributed by atoms with Crippen molar-refractivity contribution in [2.24, 2.45) is 5.41 Å². The maximum atomic E-state index is 13.2. The molecule has 5 atom stereocenters. The van der Waals surface area contributed by atoms with Crippen molar-refractivity contribution in [3.8, 4) is 0 Å². The minimum absolute atomic E-state index is 0.0583. The SMILES string of the molecule is CC1(C(=O)N[C@@H]2CC[C@@]3(CCO)C[C@H](c4ccccc4)C[C@](C)(O3)[C@H]2O)CCCCC1. The molecule has 4 rings (SSSR count). The zero-order valence-corrected chi connectivity index (χ0v) is 19.1. The first kappa shape index (κ1) is 22.8. The second-order valence-electron chi connectivity index (χ2n) is 10.8. The summed E-state index contributed by atoms with van der Waals surface area (Å²) in [4.78, 5) is 13.2. The second kappa shape index (κ2) is 8.84. The third-order valence-corrected chi connectivity index (χ3v) is 8.30. The summed E-state index contributed by atoms with van der Waals surface area (Å²) < 4.78 is 6.65. The number of carbonyl (C=O) groups excluding carboxylic acids is 1. The Labute approximate surface area is 186 Å². The van der Waals surface area contributed by atoms with Gasteiger partial charge in [0.05, 0.1) is 17.2 Å². The molecule has 3 fully saturated rings. The van der Waals surface area contributed by atoms with Crippen LogP contribution in [0.4, 0.5) is 0 Å². The molecule has 5 heteroatoms. The maximum Gasteiger partial charge on any atom is 0.226 e. The highest BCUT2D eigenvalue weighted by molar-refractivity contribution is 5.82. The van der Waals surface area contributed by atoms with Crippen LogP contribution < -0.4 is 5.32 Å². The zero-order valence-electron chi connectivity index (χ0n) is 19.1. The van der Waals surface area contributed by atoms with Crippen molar-refractivity contribution < 1.29 is 19.7 Å². The molecule has 2 heterocycles. The molecular formula is C26H39NO4. The molecule has 0 radical (unpaired) electrons. The van der Waals surface area contributed by atoms with E-state index in [1.165, 1.54) is 12.0 Å². The molecule has 1 saturated carbocycles. The van der Waals surface area contributed by atoms with E-state index in [9.17, 15) is 15.0 Å². The van der Waals surface area contributed by atoms with Crippen LogP contribution in [0.3, 0.4) is 0 Å². The number of rotatable bonds is 5. The Morgan fingerprint density at radius 3 is 2.48 bits per heavy atom. The summed E-state index contributed by atoms with van der Waals surface area (Å²) in [5.41, 5.74) is -0.326. The minimum atomic E-state index is -0.782. The highest BCUT2D eigenvalue weighted by Crippen LogP contribution is 2.51. The molecular weight excluding hydrogens is 390 g/mol. The van der Waals surface area contributed by atoms with Crippen LogP contribution in [0.15, 0.2) is 30.3 Å². The van der Waals surface area contributed by atoms with E-state index in [4.69, 9.17) is 4.74 Å². The third kappa shape index (κ3) is 4.55. The van der Waals surface area contributed by atoms with Gasteiger partial charge in [-0.2, -0.15) is 0 Å². The molecule has 1 aromatic carbocycles. The predicted molar refractivity (Wildman–Crippen MR) is 121 cm³/mol. The molecule has 3 N–H and O–H groups in total. The normalized spacial score (nSPS) is 37.6. The number of nitrogens with one attached hydrogen (secondary N) is 1. The van der Waals surface area contributed by atoms with Crippen molar-refractivity contribution in [3.63, 3.8) is 0 Å². The van der Waals surface area contributed by atoms with Crippen LogP contribution in [0.2, 0.25) is 0 Å². The molecule has 0 unspecified atom stereocenters. The van der Waals surface area contributed by atoms with Gasteiger partial charge in [-0.1, -0.05) is 56.5 Å². The Hall–Kier alpha value is -1.43. The number of ether oxygens (including phenoxy) is 1. The largest absolute Gasteiger partial charge is 0.396 e. The Morgan fingerprint density at radius 1 is 1.10 bits per heavy atom. The first-order valence-electron chi connectivity index (χ1n) is 12.1. The van der Waals surface area contributed by atoms with Crippen molar-refractivity contribution in [2.45, 2.75) is 107 Å². The Kier molecular flexibility index (Phi) is 6.49. The molecule has 3 aliphatic rings. The van der Waals surface area contributed by atoms with Crippen LogP contribution >= 0.6 is 0 Å². The molecule has 0 aromatic heterocycles. The van der Waals surface area contributed by atoms with Gasteiger partial charge in [0.2, 0.25) is 5.91 Å². The molecule has 2 saturated heterocycles. The minimum Gasteiger partial charge on any atom is -0.396 e. The number of hydrogen-bond acceptors (Lipinski definition) is 4. The van der Waals surface area contributed by atoms with Gasteiger partial charge in [-0.05, 0) is 63.4 Å². The van der Waals surface area contributed by atoms with Gasteiger partial charge in [0.15, 0.2) is 0 Å². The van der Waals surface area contributed by atoms with E-state index in [1.54, 1.807) is 0 Å². The van der Waals surface area contributed by atoms with Crippen molar-refractivity contribution >= 4 is 5.91 Å². The first-order chi connectivity index (χ1) is 14.8. The summed E-state index contributed by atoms with van der Waals surface area (Å²) in [7, 11) is 0. The molecule has 5 nitrogen and oxygen atoms in total. The van der Waals surface area contributed by atoms with Gasteiger partial charge >= 0.3 is 0 Å². The Morgan fingerprint density at radius 2 is 1.81 bits per heavy atom. The summed E-state index contributed by atoms with van der Waals surface area (Å²) >= 11 is 0. The number of hydrogen-bond donors (Lipinski definition) is 3. The van der Waals surface area contributed by atoms with E-state index in [2.05, 4.69) is 36.5 Å². The summed E-state index contributed by atoms with van der Waals surface area (Å²) in [6.45, 7) is 4.12. The van der Waals surface area contributed by atoms with E-state index in [0.29, 0.717) is 19.3 Å². The average Bonchev–Trinajstić information content (AvgIpc) is 2.83. The van der Waals surface area contributed by atoms with Crippen LogP contribution in [0.1, 0.15) is 89.5 Å². The Bertz CT molecular complexity index is 762. The lowest BCUT2D eigenvalue weighted by Crippen LogP contribution is -2.59. The van der Waals surface area contributed by atoms with E-state index < -0.39 is 17.3 Å². The molecule has 1 amide bonds. The molecule has 1 aliphatic carbocycles. The van der Waals surface area contributed by atoms with E-state index in [-0.39, 0.29) is 29.9 Å². The van der Waals surface area contributed by atoms with Crippen molar-refractivity contribution in [3.05, 3.63) is 35.9 Å². The lowest BCUT2D eigenvalue weighted by molar-refractivity contribution is -0.223. The lowest BCUT2D eigenvalue weighted by atomic mass is 9.73. The van der Waals surface area contributed by atoms with Gasteiger partial charge in [-0.15, -0.1) is 0 Å². The topological polar surface area (TPSA) is 78.8 Å². The number of aliphatic hydroxyl groups is 2. The molecule has 1 aromatic rings. The van der Waals surface area contributed by atoms with Gasteiger partial charge in [0.25, 0.3) is 0 Å². The first-order valence-corrected chi connectivity index (χ1v) is 12.1. The summed E-state index contributed by atoms with van der Waals surface area (Å²) in [6, 6.07) is 10.1. The zero-order chi connectivity index (χ0) is 22.1. The number of benzene rings is 1. The predicted octanol–water partition coefficient (Wildman–Crippen LogP) is 4.07. The monoisotopic (exact) mass is 429 g/mol. The van der Waals surface area contributed by atoms with Gasteiger partial charge in [-0.25, -0.2) is 0 Å². The van der Waals surface area contributed by atoms with Gasteiger partial charge in [0.1, 0.15) is 6.10 Å². The number of carbonyl (C=O) groups is 1. The van der Waals surface area contributed by atoms with Crippen LogP contribution in [0.5, 0.6) is 0 Å². The van der Waals surface area contributed by atoms with Crippen molar-refractivity contribution in [1.82, 2.24) is 5.32 Å². The smallest absolute Gasteiger partial charge is 0.226 e. The fourth-order valence-corrected chi connectivity index (χ4v) is 6.42. The quantitative estimate of drug-likeness (QED) is 0.659. The standard InChI is InChI=1S/C26H39NO4/c1-24(12-7-4-8-13-24)23(30)27-21-11-14-26(15-16-28)18-20(19-9-5-3-6-10-19)17-25(2,31-26)22(21)29/h3,5-6,9-10,20-22,28-29H,4,7-8,11-18H2,1-2H3,(H,27,30)/t20-,21-,22+,25+,26-/m1/s1. The van der Waals surface area contributed by atoms with Gasteiger partial charge in [-0.3, -0.25) is 4.79 Å². The summed E-state index contributed by atoms with van der Waals surface area (Å²) in [5, 5.41) is 24.6. The third-order valence-electron chi connectivity index (χ3n) is 8.30. The number of aliphatic hydroxyl groups excluding tert-OH is 2. The van der Waals surface area contributed by atoms with Crippen LogP contribution in [-0.4, -0.2) is 46.1 Å². The van der Waals surface area contributed by atoms with E-state index >= 15 is 0 Å². The summed E-state index contributed by atoms with van der Waals surface area (Å²) in [5.74, 6) is 0.332. The highest BCUT2D eigenvalue weighted by Gasteiger charge is 2.55. The maximum absolute atomic E-state index is 13.2. The second-order valence-corrected chi connectivity index (χ2v) is 10.8. The van der Waals surface area contributed by atoms with Crippen LogP contribution in [0, 0.1) is 5.41 Å². The average molecular weight is 430 g/mol. The summed E-state index contributed by atoms with van der Waals surface area (Å²) in [6.07, 6.45) is 7.92. The molecule has 2 aliphatic heterocycles.